The quantitative estimate of drug-likeness (QED) is 0.507. The lowest BCUT2D eigenvalue weighted by Gasteiger charge is -2.32. The summed E-state index contributed by atoms with van der Waals surface area (Å²) in [6.07, 6.45) is 0.898. The summed E-state index contributed by atoms with van der Waals surface area (Å²) in [5, 5.41) is 3.35. The van der Waals surface area contributed by atoms with Gasteiger partial charge in [-0.1, -0.05) is 19.1 Å². The van der Waals surface area contributed by atoms with E-state index in [9.17, 15) is 0 Å². The third kappa shape index (κ3) is 4.04. The molecule has 0 saturated heterocycles. The molecule has 0 aliphatic carbocycles. The Morgan fingerprint density at radius 1 is 1.27 bits per heavy atom. The molecule has 0 radical (unpaired) electrons. The topological polar surface area (TPSA) is 39.7 Å². The molecule has 1 N–H and O–H groups in total. The Balaban J connectivity index is 4.51. The highest BCUT2D eigenvalue weighted by Gasteiger charge is 2.46. The molecule has 0 aliphatic heterocycles. The summed E-state index contributed by atoms with van der Waals surface area (Å²) in [5.74, 6) is 0. The third-order valence-corrected chi connectivity index (χ3v) is 5.51. The van der Waals surface area contributed by atoms with Crippen molar-refractivity contribution >= 4 is 8.80 Å². The fourth-order valence-electron chi connectivity index (χ4n) is 1.49. The van der Waals surface area contributed by atoms with Crippen molar-refractivity contribution in [2.24, 2.45) is 0 Å². The van der Waals surface area contributed by atoms with E-state index in [0.29, 0.717) is 0 Å². The number of nitrogens with one attached hydrogen (secondary N) is 1. The molecule has 0 aromatic heterocycles. The van der Waals surface area contributed by atoms with E-state index in [1.54, 1.807) is 21.3 Å². The first-order valence-electron chi connectivity index (χ1n) is 5.09. The zero-order valence-electron chi connectivity index (χ0n) is 10.4. The van der Waals surface area contributed by atoms with Crippen LogP contribution in [0, 0.1) is 0 Å². The Hall–Kier alpha value is -0.203. The van der Waals surface area contributed by atoms with E-state index in [-0.39, 0.29) is 5.67 Å². The average molecular weight is 233 g/mol. The van der Waals surface area contributed by atoms with Gasteiger partial charge in [0.1, 0.15) is 0 Å². The van der Waals surface area contributed by atoms with Crippen molar-refractivity contribution in [1.29, 1.82) is 0 Å². The molecule has 1 unspecified atom stereocenters. The summed E-state index contributed by atoms with van der Waals surface area (Å²) in [6, 6.07) is 0. The zero-order valence-corrected chi connectivity index (χ0v) is 11.4. The number of hydrogen-bond acceptors (Lipinski definition) is 4. The summed E-state index contributed by atoms with van der Waals surface area (Å²) < 4.78 is 16.3. The van der Waals surface area contributed by atoms with Crippen LogP contribution in [-0.2, 0) is 13.3 Å². The predicted octanol–water partition coefficient (Wildman–Crippen LogP) is 1.35. The Kier molecular flexibility index (Phi) is 7.04. The van der Waals surface area contributed by atoms with Gasteiger partial charge in [-0.25, -0.2) is 0 Å². The van der Waals surface area contributed by atoms with Crippen molar-refractivity contribution in [1.82, 2.24) is 5.32 Å². The van der Waals surface area contributed by atoms with Crippen LogP contribution in [0.3, 0.4) is 0 Å². The Morgan fingerprint density at radius 3 is 2.00 bits per heavy atom. The Morgan fingerprint density at radius 2 is 1.73 bits per heavy atom. The summed E-state index contributed by atoms with van der Waals surface area (Å²) in [4.78, 5) is 0. The molecule has 0 fully saturated rings. The normalized spacial score (nSPS) is 13.9. The Labute approximate surface area is 94.0 Å². The maximum absolute atomic E-state index is 5.42. The van der Waals surface area contributed by atoms with Crippen LogP contribution in [0.25, 0.3) is 0 Å². The maximum atomic E-state index is 5.42. The highest BCUT2D eigenvalue weighted by molar-refractivity contribution is 6.62. The molecule has 15 heavy (non-hydrogen) atoms. The van der Waals surface area contributed by atoms with Crippen molar-refractivity contribution in [2.75, 3.05) is 27.9 Å². The molecule has 0 amide bonds. The molecule has 0 bridgehead atoms. The fraction of sp³-hybridized carbons (Fsp3) is 0.800. The minimum absolute atomic E-state index is 0.106. The van der Waals surface area contributed by atoms with Gasteiger partial charge in [0, 0.05) is 27.9 Å². The highest BCUT2D eigenvalue weighted by atomic mass is 28.4. The van der Waals surface area contributed by atoms with Gasteiger partial charge in [0.05, 0.1) is 5.67 Å². The predicted molar refractivity (Wildman–Crippen MR) is 63.7 cm³/mol. The monoisotopic (exact) mass is 233 g/mol. The molecule has 0 rings (SSSR count). The molecule has 0 aliphatic rings. The van der Waals surface area contributed by atoms with Crippen LogP contribution in [-0.4, -0.2) is 42.3 Å². The summed E-state index contributed by atoms with van der Waals surface area (Å²) in [5.41, 5.74) is 1.19. The number of rotatable bonds is 8. The first kappa shape index (κ1) is 14.8. The standard InChI is InChI=1S/C10H23NO3Si/c1-7-10(11-8-9(2)3)15(12-4,13-5)14-6/h10-11H,2,7-8H2,1,3-6H3. The van der Waals surface area contributed by atoms with Crippen LogP contribution in [0.15, 0.2) is 12.2 Å². The summed E-state index contributed by atoms with van der Waals surface area (Å²) >= 11 is 0. The summed E-state index contributed by atoms with van der Waals surface area (Å²) in [6.45, 7) is 8.66. The van der Waals surface area contributed by atoms with Gasteiger partial charge in [-0.15, -0.1) is 0 Å². The van der Waals surface area contributed by atoms with Crippen molar-refractivity contribution in [2.45, 2.75) is 25.9 Å². The van der Waals surface area contributed by atoms with E-state index in [1.807, 2.05) is 6.92 Å². The van der Waals surface area contributed by atoms with Gasteiger partial charge in [0.15, 0.2) is 0 Å². The van der Waals surface area contributed by atoms with Crippen LogP contribution in [0.2, 0.25) is 0 Å². The first-order chi connectivity index (χ1) is 7.06. The molecule has 1 atom stereocenters. The third-order valence-electron chi connectivity index (χ3n) is 2.34. The van der Waals surface area contributed by atoms with Crippen molar-refractivity contribution < 1.29 is 13.3 Å². The minimum Gasteiger partial charge on any atom is -0.376 e. The van der Waals surface area contributed by atoms with E-state index < -0.39 is 8.80 Å². The van der Waals surface area contributed by atoms with E-state index >= 15 is 0 Å². The average Bonchev–Trinajstić information content (AvgIpc) is 2.24. The SMILES string of the molecule is C=C(C)CNC(CC)[Si](OC)(OC)OC. The lowest BCUT2D eigenvalue weighted by Crippen LogP contribution is -2.60. The molecule has 0 saturated carbocycles. The molecule has 4 nitrogen and oxygen atoms in total. The van der Waals surface area contributed by atoms with Gasteiger partial charge >= 0.3 is 8.80 Å². The smallest absolute Gasteiger partial charge is 0.376 e. The molecule has 5 heteroatoms. The van der Waals surface area contributed by atoms with Crippen molar-refractivity contribution in [3.63, 3.8) is 0 Å². The van der Waals surface area contributed by atoms with Crippen LogP contribution in [0.4, 0.5) is 0 Å². The molecule has 0 spiro atoms. The second-order valence-electron chi connectivity index (χ2n) is 3.51. The van der Waals surface area contributed by atoms with E-state index in [1.165, 1.54) is 0 Å². The fourth-order valence-corrected chi connectivity index (χ4v) is 3.70. The van der Waals surface area contributed by atoms with E-state index in [0.717, 1.165) is 18.5 Å². The van der Waals surface area contributed by atoms with Crippen LogP contribution < -0.4 is 5.32 Å². The van der Waals surface area contributed by atoms with E-state index in [4.69, 9.17) is 13.3 Å². The van der Waals surface area contributed by atoms with Crippen molar-refractivity contribution in [3.05, 3.63) is 12.2 Å². The molecule has 90 valence electrons. The molecule has 0 heterocycles. The minimum atomic E-state index is -2.57. The number of hydrogen-bond donors (Lipinski definition) is 1. The van der Waals surface area contributed by atoms with Gasteiger partial charge in [-0.2, -0.15) is 0 Å². The van der Waals surface area contributed by atoms with Gasteiger partial charge in [0.2, 0.25) is 0 Å². The second kappa shape index (κ2) is 7.13. The molecule has 0 aromatic rings. The van der Waals surface area contributed by atoms with Gasteiger partial charge in [-0.05, 0) is 13.3 Å². The van der Waals surface area contributed by atoms with E-state index in [2.05, 4.69) is 18.8 Å². The summed E-state index contributed by atoms with van der Waals surface area (Å²) in [7, 11) is 2.32. The lowest BCUT2D eigenvalue weighted by molar-refractivity contribution is 0.107. The largest absolute Gasteiger partial charge is 0.518 e. The molecular formula is C10H23NO3Si. The van der Waals surface area contributed by atoms with Crippen LogP contribution in [0.5, 0.6) is 0 Å². The lowest BCUT2D eigenvalue weighted by atomic mass is 10.3. The Bertz CT molecular complexity index is 187. The zero-order chi connectivity index (χ0) is 11.9. The van der Waals surface area contributed by atoms with Gasteiger partial charge in [-0.3, -0.25) is 0 Å². The molecular weight excluding hydrogens is 210 g/mol. The highest BCUT2D eigenvalue weighted by Crippen LogP contribution is 2.14. The van der Waals surface area contributed by atoms with Gasteiger partial charge in [0.25, 0.3) is 0 Å². The van der Waals surface area contributed by atoms with Gasteiger partial charge < -0.3 is 18.6 Å². The maximum Gasteiger partial charge on any atom is 0.518 e. The van der Waals surface area contributed by atoms with Crippen LogP contribution in [0.1, 0.15) is 20.3 Å². The first-order valence-corrected chi connectivity index (χ1v) is 6.89. The van der Waals surface area contributed by atoms with Crippen LogP contribution >= 0.6 is 0 Å². The second-order valence-corrected chi connectivity index (χ2v) is 6.64. The van der Waals surface area contributed by atoms with Crippen molar-refractivity contribution in [3.8, 4) is 0 Å². The molecule has 0 aromatic carbocycles.